The summed E-state index contributed by atoms with van der Waals surface area (Å²) in [5.41, 5.74) is 1.34. The number of hydrogen-bond donors (Lipinski definition) is 1. The first kappa shape index (κ1) is 16.7. The van der Waals surface area contributed by atoms with Crippen LogP contribution in [0.15, 0.2) is 24.3 Å². The Bertz CT molecular complexity index is 256. The number of phenols is 1. The maximum absolute atomic E-state index is 9.13. The van der Waals surface area contributed by atoms with E-state index in [0.717, 1.165) is 6.42 Å². The van der Waals surface area contributed by atoms with Gasteiger partial charge in [0, 0.05) is 51.4 Å². The van der Waals surface area contributed by atoms with Gasteiger partial charge < -0.3 is 5.11 Å². The van der Waals surface area contributed by atoms with E-state index in [4.69, 9.17) is 5.11 Å². The zero-order valence-electron chi connectivity index (χ0n) is 10.7. The van der Waals surface area contributed by atoms with Crippen molar-refractivity contribution < 1.29 is 5.11 Å². The number of phenolic OH excluding ortho intramolecular Hbond substituents is 1. The molecule has 0 aliphatic carbocycles. The van der Waals surface area contributed by atoms with Crippen LogP contribution in [-0.2, 0) is 6.42 Å². The molecule has 0 aromatic heterocycles. The fourth-order valence-corrected chi connectivity index (χ4v) is 1.77. The molecule has 1 N–H and O–H groups in total. The molecule has 0 saturated carbocycles. The molecule has 1 aromatic rings. The van der Waals surface area contributed by atoms with Crippen molar-refractivity contribution in [2.24, 2.45) is 0 Å². The Balaban J connectivity index is 0.00000225. The second-order valence-electron chi connectivity index (χ2n) is 4.18. The van der Waals surface area contributed by atoms with Crippen LogP contribution in [-0.4, -0.2) is 56.5 Å². The molecule has 1 rings (SSSR count). The summed E-state index contributed by atoms with van der Waals surface area (Å²) < 4.78 is 0. The molecular formula is C14H22KO. The molecule has 1 nitrogen and oxygen atoms in total. The van der Waals surface area contributed by atoms with Crippen molar-refractivity contribution in [2.45, 2.75) is 51.9 Å². The number of rotatable bonds is 7. The number of benzene rings is 1. The third-order valence-electron chi connectivity index (χ3n) is 2.76. The second kappa shape index (κ2) is 10.8. The van der Waals surface area contributed by atoms with Gasteiger partial charge in [0.2, 0.25) is 0 Å². The van der Waals surface area contributed by atoms with E-state index in [1.165, 1.54) is 44.1 Å². The number of unbranched alkanes of at least 4 members (excludes halogenated alkanes) is 5. The van der Waals surface area contributed by atoms with Crippen molar-refractivity contribution in [1.29, 1.82) is 0 Å². The van der Waals surface area contributed by atoms with E-state index in [1.54, 1.807) is 12.1 Å². The van der Waals surface area contributed by atoms with Gasteiger partial charge in [-0.1, -0.05) is 51.2 Å². The smallest absolute Gasteiger partial charge is 0.115 e. The first-order valence-corrected chi connectivity index (χ1v) is 6.11. The van der Waals surface area contributed by atoms with Gasteiger partial charge >= 0.3 is 0 Å². The topological polar surface area (TPSA) is 20.2 Å². The molecule has 2 heteroatoms. The van der Waals surface area contributed by atoms with Gasteiger partial charge in [0.15, 0.2) is 0 Å². The summed E-state index contributed by atoms with van der Waals surface area (Å²) >= 11 is 0. The molecule has 0 unspecified atom stereocenters. The largest absolute Gasteiger partial charge is 0.508 e. The zero-order valence-corrected chi connectivity index (χ0v) is 13.8. The van der Waals surface area contributed by atoms with E-state index >= 15 is 0 Å². The Morgan fingerprint density at radius 2 is 1.44 bits per heavy atom. The summed E-state index contributed by atoms with van der Waals surface area (Å²) in [7, 11) is 0. The quantitative estimate of drug-likeness (QED) is 0.570. The molecule has 16 heavy (non-hydrogen) atoms. The number of aryl methyl sites for hydroxylation is 1. The molecule has 0 amide bonds. The normalized spacial score (nSPS) is 9.81. The van der Waals surface area contributed by atoms with Crippen LogP contribution >= 0.6 is 0 Å². The molecule has 0 heterocycles. The average molecular weight is 245 g/mol. The molecule has 0 spiro atoms. The van der Waals surface area contributed by atoms with Gasteiger partial charge in [0.05, 0.1) is 0 Å². The first-order chi connectivity index (χ1) is 7.33. The minimum absolute atomic E-state index is 0. The molecule has 0 aliphatic heterocycles. The van der Waals surface area contributed by atoms with Gasteiger partial charge in [0.25, 0.3) is 0 Å². The van der Waals surface area contributed by atoms with Crippen molar-refractivity contribution in [1.82, 2.24) is 0 Å². The van der Waals surface area contributed by atoms with Crippen molar-refractivity contribution in [3.63, 3.8) is 0 Å². The summed E-state index contributed by atoms with van der Waals surface area (Å²) in [6, 6.07) is 7.57. The van der Waals surface area contributed by atoms with Gasteiger partial charge in [-0.15, -0.1) is 0 Å². The third-order valence-corrected chi connectivity index (χ3v) is 2.76. The maximum atomic E-state index is 9.13. The Hall–Kier alpha value is 0.656. The molecule has 0 aliphatic rings. The van der Waals surface area contributed by atoms with E-state index in [2.05, 4.69) is 6.92 Å². The zero-order chi connectivity index (χ0) is 10.9. The summed E-state index contributed by atoms with van der Waals surface area (Å²) in [4.78, 5) is 0. The predicted molar refractivity (Wildman–Crippen MR) is 70.9 cm³/mol. The van der Waals surface area contributed by atoms with E-state index in [1.807, 2.05) is 12.1 Å². The summed E-state index contributed by atoms with van der Waals surface area (Å²) in [6.07, 6.45) is 9.19. The molecule has 1 radical (unpaired) electrons. The maximum Gasteiger partial charge on any atom is 0.115 e. The Kier molecular flexibility index (Phi) is 11.2. The van der Waals surface area contributed by atoms with Gasteiger partial charge in [-0.25, -0.2) is 0 Å². The standard InChI is InChI=1S/C14H22O.K/c1-2-3-4-5-6-7-8-13-9-11-14(15)12-10-13;/h9-12,15H,2-8H2,1H3;. The van der Waals surface area contributed by atoms with Crippen molar-refractivity contribution >= 4 is 51.4 Å². The molecular weight excluding hydrogens is 223 g/mol. The fourth-order valence-electron chi connectivity index (χ4n) is 1.77. The number of hydrogen-bond acceptors (Lipinski definition) is 1. The van der Waals surface area contributed by atoms with Crippen LogP contribution in [0.4, 0.5) is 0 Å². The van der Waals surface area contributed by atoms with Crippen LogP contribution in [0.2, 0.25) is 0 Å². The summed E-state index contributed by atoms with van der Waals surface area (Å²) in [5.74, 6) is 0.363. The molecule has 0 bridgehead atoms. The van der Waals surface area contributed by atoms with Crippen molar-refractivity contribution in [3.05, 3.63) is 29.8 Å². The first-order valence-electron chi connectivity index (χ1n) is 6.11. The number of aromatic hydroxyl groups is 1. The van der Waals surface area contributed by atoms with E-state index < -0.39 is 0 Å². The van der Waals surface area contributed by atoms with Crippen LogP contribution in [0, 0.1) is 0 Å². The average Bonchev–Trinajstić information content (AvgIpc) is 2.26. The van der Waals surface area contributed by atoms with E-state index in [0.29, 0.717) is 5.75 Å². The van der Waals surface area contributed by atoms with Crippen molar-refractivity contribution in [2.75, 3.05) is 0 Å². The van der Waals surface area contributed by atoms with Crippen LogP contribution in [0.3, 0.4) is 0 Å². The minimum atomic E-state index is 0. The molecule has 1 aromatic carbocycles. The Morgan fingerprint density at radius 1 is 0.875 bits per heavy atom. The van der Waals surface area contributed by atoms with Crippen LogP contribution in [0.5, 0.6) is 5.75 Å². The predicted octanol–water partition coefficient (Wildman–Crippen LogP) is 3.91. The van der Waals surface area contributed by atoms with Gasteiger partial charge in [0.1, 0.15) is 5.75 Å². The van der Waals surface area contributed by atoms with Crippen molar-refractivity contribution in [3.8, 4) is 5.75 Å². The molecule has 0 saturated heterocycles. The molecule has 85 valence electrons. The monoisotopic (exact) mass is 245 g/mol. The molecule has 0 atom stereocenters. The van der Waals surface area contributed by atoms with Crippen LogP contribution in [0.1, 0.15) is 51.0 Å². The Labute approximate surface area is 142 Å². The van der Waals surface area contributed by atoms with Crippen LogP contribution < -0.4 is 0 Å². The Morgan fingerprint density at radius 3 is 2.06 bits per heavy atom. The van der Waals surface area contributed by atoms with Gasteiger partial charge in [-0.05, 0) is 30.5 Å². The van der Waals surface area contributed by atoms with E-state index in [9.17, 15) is 0 Å². The van der Waals surface area contributed by atoms with Crippen LogP contribution in [0.25, 0.3) is 0 Å². The SMILES string of the molecule is CCCCCCCCc1ccc(O)cc1.[K]. The van der Waals surface area contributed by atoms with E-state index in [-0.39, 0.29) is 51.4 Å². The van der Waals surface area contributed by atoms with Gasteiger partial charge in [-0.2, -0.15) is 0 Å². The summed E-state index contributed by atoms with van der Waals surface area (Å²) in [6.45, 7) is 2.25. The second-order valence-corrected chi connectivity index (χ2v) is 4.18. The third kappa shape index (κ3) is 7.85. The molecule has 0 fully saturated rings. The minimum Gasteiger partial charge on any atom is -0.508 e. The summed E-state index contributed by atoms with van der Waals surface area (Å²) in [5, 5.41) is 9.13. The van der Waals surface area contributed by atoms with Gasteiger partial charge in [-0.3, -0.25) is 0 Å². The fraction of sp³-hybridized carbons (Fsp3) is 0.571.